The highest BCUT2D eigenvalue weighted by atomic mass is 15.3. The van der Waals surface area contributed by atoms with Crippen LogP contribution in [0.3, 0.4) is 0 Å². The normalized spacial score (nSPS) is 19.4. The van der Waals surface area contributed by atoms with Crippen LogP contribution in [0.5, 0.6) is 0 Å². The summed E-state index contributed by atoms with van der Waals surface area (Å²) in [5.74, 6) is 0.880. The van der Waals surface area contributed by atoms with Gasteiger partial charge in [-0.05, 0) is 32.6 Å². The lowest BCUT2D eigenvalue weighted by atomic mass is 9.84. The molecule has 3 nitrogen and oxygen atoms in total. The van der Waals surface area contributed by atoms with Gasteiger partial charge in [0.1, 0.15) is 0 Å². The molecule has 1 heterocycles. The standard InChI is InChI=1S/C14H25N3/c1-3-17-11-13(10-16-17)9-15-12(2)14-7-5-4-6-8-14/h10-12,14-15H,3-9H2,1-2H3/t12-/m1/s1. The van der Waals surface area contributed by atoms with Gasteiger partial charge < -0.3 is 5.32 Å². The zero-order valence-corrected chi connectivity index (χ0v) is 11.2. The highest BCUT2D eigenvalue weighted by molar-refractivity contribution is 5.03. The van der Waals surface area contributed by atoms with Crippen molar-refractivity contribution < 1.29 is 0 Å². The molecule has 0 saturated heterocycles. The van der Waals surface area contributed by atoms with Crippen LogP contribution in [0.1, 0.15) is 51.5 Å². The van der Waals surface area contributed by atoms with Crippen molar-refractivity contribution >= 4 is 0 Å². The number of rotatable bonds is 5. The minimum atomic E-state index is 0.639. The largest absolute Gasteiger partial charge is 0.310 e. The van der Waals surface area contributed by atoms with E-state index in [4.69, 9.17) is 0 Å². The third-order valence-corrected chi connectivity index (χ3v) is 4.00. The third kappa shape index (κ3) is 3.56. The molecule has 0 unspecified atom stereocenters. The van der Waals surface area contributed by atoms with Crippen molar-refractivity contribution in [2.75, 3.05) is 0 Å². The summed E-state index contributed by atoms with van der Waals surface area (Å²) in [6.45, 7) is 6.37. The minimum Gasteiger partial charge on any atom is -0.310 e. The van der Waals surface area contributed by atoms with E-state index in [1.807, 2.05) is 10.9 Å². The summed E-state index contributed by atoms with van der Waals surface area (Å²) in [5, 5.41) is 7.95. The van der Waals surface area contributed by atoms with Gasteiger partial charge in [-0.2, -0.15) is 5.10 Å². The van der Waals surface area contributed by atoms with Crippen LogP contribution in [0, 0.1) is 5.92 Å². The zero-order valence-electron chi connectivity index (χ0n) is 11.2. The van der Waals surface area contributed by atoms with Crippen LogP contribution in [-0.4, -0.2) is 15.8 Å². The second kappa shape index (κ2) is 6.20. The molecular formula is C14H25N3. The Morgan fingerprint density at radius 1 is 1.41 bits per heavy atom. The van der Waals surface area contributed by atoms with Crippen LogP contribution in [0.15, 0.2) is 12.4 Å². The molecule has 0 aromatic carbocycles. The first kappa shape index (κ1) is 12.6. The summed E-state index contributed by atoms with van der Waals surface area (Å²) in [4.78, 5) is 0. The molecular weight excluding hydrogens is 210 g/mol. The Balaban J connectivity index is 1.76. The lowest BCUT2D eigenvalue weighted by Gasteiger charge is -2.28. The Labute approximate surface area is 105 Å². The number of nitrogens with zero attached hydrogens (tertiary/aromatic N) is 2. The first-order valence-electron chi connectivity index (χ1n) is 7.04. The average molecular weight is 235 g/mol. The summed E-state index contributed by atoms with van der Waals surface area (Å²) >= 11 is 0. The van der Waals surface area contributed by atoms with Crippen molar-refractivity contribution in [1.82, 2.24) is 15.1 Å². The molecule has 1 aromatic rings. The molecule has 0 spiro atoms. The highest BCUT2D eigenvalue weighted by Crippen LogP contribution is 2.26. The molecule has 2 rings (SSSR count). The molecule has 1 N–H and O–H groups in total. The van der Waals surface area contributed by atoms with Crippen LogP contribution in [0.25, 0.3) is 0 Å². The smallest absolute Gasteiger partial charge is 0.0534 e. The predicted octanol–water partition coefficient (Wildman–Crippen LogP) is 2.96. The molecule has 1 saturated carbocycles. The molecule has 96 valence electrons. The zero-order chi connectivity index (χ0) is 12.1. The Bertz CT molecular complexity index is 326. The molecule has 1 aromatic heterocycles. The van der Waals surface area contributed by atoms with Gasteiger partial charge in [-0.15, -0.1) is 0 Å². The summed E-state index contributed by atoms with van der Waals surface area (Å²) in [5.41, 5.74) is 1.30. The summed E-state index contributed by atoms with van der Waals surface area (Å²) < 4.78 is 1.99. The van der Waals surface area contributed by atoms with Gasteiger partial charge in [-0.1, -0.05) is 19.3 Å². The number of aryl methyl sites for hydroxylation is 1. The van der Waals surface area contributed by atoms with E-state index in [1.165, 1.54) is 37.7 Å². The fraction of sp³-hybridized carbons (Fsp3) is 0.786. The van der Waals surface area contributed by atoms with Crippen molar-refractivity contribution in [3.05, 3.63) is 18.0 Å². The minimum absolute atomic E-state index is 0.639. The Hall–Kier alpha value is -0.830. The fourth-order valence-electron chi connectivity index (χ4n) is 2.75. The summed E-state index contributed by atoms with van der Waals surface area (Å²) in [6.07, 6.45) is 11.2. The predicted molar refractivity (Wildman–Crippen MR) is 70.8 cm³/mol. The second-order valence-electron chi connectivity index (χ2n) is 5.27. The third-order valence-electron chi connectivity index (χ3n) is 4.00. The Kier molecular flexibility index (Phi) is 4.60. The maximum Gasteiger partial charge on any atom is 0.0534 e. The first-order valence-corrected chi connectivity index (χ1v) is 7.04. The Morgan fingerprint density at radius 3 is 2.82 bits per heavy atom. The van der Waals surface area contributed by atoms with Crippen LogP contribution < -0.4 is 5.32 Å². The monoisotopic (exact) mass is 235 g/mol. The number of hydrogen-bond acceptors (Lipinski definition) is 2. The van der Waals surface area contributed by atoms with E-state index in [0.717, 1.165) is 19.0 Å². The number of aromatic nitrogens is 2. The van der Waals surface area contributed by atoms with Gasteiger partial charge in [0.25, 0.3) is 0 Å². The van der Waals surface area contributed by atoms with E-state index in [1.54, 1.807) is 0 Å². The molecule has 3 heteroatoms. The maximum absolute atomic E-state index is 4.30. The van der Waals surface area contributed by atoms with Crippen molar-refractivity contribution in [3.8, 4) is 0 Å². The second-order valence-corrected chi connectivity index (χ2v) is 5.27. The lowest BCUT2D eigenvalue weighted by Crippen LogP contribution is -2.34. The molecule has 17 heavy (non-hydrogen) atoms. The average Bonchev–Trinajstić information content (AvgIpc) is 2.85. The van der Waals surface area contributed by atoms with Gasteiger partial charge in [-0.25, -0.2) is 0 Å². The van der Waals surface area contributed by atoms with Gasteiger partial charge in [0.15, 0.2) is 0 Å². The van der Waals surface area contributed by atoms with Crippen molar-refractivity contribution in [1.29, 1.82) is 0 Å². The van der Waals surface area contributed by atoms with Gasteiger partial charge in [0.05, 0.1) is 6.20 Å². The molecule has 0 radical (unpaired) electrons. The van der Waals surface area contributed by atoms with E-state index < -0.39 is 0 Å². The van der Waals surface area contributed by atoms with E-state index in [-0.39, 0.29) is 0 Å². The molecule has 0 aliphatic heterocycles. The van der Waals surface area contributed by atoms with E-state index >= 15 is 0 Å². The number of nitrogens with one attached hydrogen (secondary N) is 1. The molecule has 1 aliphatic rings. The number of hydrogen-bond donors (Lipinski definition) is 1. The van der Waals surface area contributed by atoms with Crippen LogP contribution in [-0.2, 0) is 13.1 Å². The Morgan fingerprint density at radius 2 is 2.18 bits per heavy atom. The van der Waals surface area contributed by atoms with Gasteiger partial charge >= 0.3 is 0 Å². The van der Waals surface area contributed by atoms with Crippen LogP contribution in [0.2, 0.25) is 0 Å². The van der Waals surface area contributed by atoms with Crippen LogP contribution >= 0.6 is 0 Å². The topological polar surface area (TPSA) is 29.9 Å². The van der Waals surface area contributed by atoms with Gasteiger partial charge in [0, 0.05) is 30.9 Å². The van der Waals surface area contributed by atoms with E-state index in [2.05, 4.69) is 30.5 Å². The SMILES string of the molecule is CCn1cc(CN[C@H](C)C2CCCCC2)cn1. The maximum atomic E-state index is 4.30. The van der Waals surface area contributed by atoms with Gasteiger partial charge in [0.2, 0.25) is 0 Å². The van der Waals surface area contributed by atoms with Crippen LogP contribution in [0.4, 0.5) is 0 Å². The first-order chi connectivity index (χ1) is 8.29. The highest BCUT2D eigenvalue weighted by Gasteiger charge is 2.19. The lowest BCUT2D eigenvalue weighted by molar-refractivity contribution is 0.280. The van der Waals surface area contributed by atoms with E-state index in [0.29, 0.717) is 6.04 Å². The van der Waals surface area contributed by atoms with Crippen molar-refractivity contribution in [2.45, 2.75) is 65.1 Å². The molecule has 0 bridgehead atoms. The molecule has 1 atom stereocenters. The quantitative estimate of drug-likeness (QED) is 0.850. The van der Waals surface area contributed by atoms with Gasteiger partial charge in [-0.3, -0.25) is 4.68 Å². The fourth-order valence-corrected chi connectivity index (χ4v) is 2.75. The van der Waals surface area contributed by atoms with Crippen molar-refractivity contribution in [3.63, 3.8) is 0 Å². The van der Waals surface area contributed by atoms with Crippen molar-refractivity contribution in [2.24, 2.45) is 5.92 Å². The summed E-state index contributed by atoms with van der Waals surface area (Å²) in [7, 11) is 0. The molecule has 1 fully saturated rings. The molecule has 0 amide bonds. The summed E-state index contributed by atoms with van der Waals surface area (Å²) in [6, 6.07) is 0.639. The molecule has 1 aliphatic carbocycles. The van der Waals surface area contributed by atoms with E-state index in [9.17, 15) is 0 Å².